The number of rotatable bonds is 6. The third-order valence-corrected chi connectivity index (χ3v) is 4.82. The normalized spacial score (nSPS) is 17.3. The highest BCUT2D eigenvalue weighted by Gasteiger charge is 2.23. The lowest BCUT2D eigenvalue weighted by Gasteiger charge is -2.37. The SMILES string of the molecule is CN=C(NCCCC(=O)NC1CC1)N1CCN(c2ccccc2O)CC1.I. The summed E-state index contributed by atoms with van der Waals surface area (Å²) in [7, 11) is 1.79. The number of piperazine rings is 1. The summed E-state index contributed by atoms with van der Waals surface area (Å²) < 4.78 is 0. The summed E-state index contributed by atoms with van der Waals surface area (Å²) in [4.78, 5) is 20.5. The number of anilines is 1. The number of aromatic hydroxyl groups is 1. The van der Waals surface area contributed by atoms with Gasteiger partial charge < -0.3 is 25.5 Å². The number of para-hydroxylation sites is 2. The van der Waals surface area contributed by atoms with Crippen LogP contribution in [0.3, 0.4) is 0 Å². The number of phenolic OH excluding ortho intramolecular Hbond substituents is 1. The number of hydrogen-bond acceptors (Lipinski definition) is 4. The van der Waals surface area contributed by atoms with E-state index in [1.165, 1.54) is 0 Å². The van der Waals surface area contributed by atoms with E-state index in [1.807, 2.05) is 18.2 Å². The third kappa shape index (κ3) is 6.44. The van der Waals surface area contributed by atoms with E-state index in [0.29, 0.717) is 18.2 Å². The fourth-order valence-electron chi connectivity index (χ4n) is 3.20. The number of hydrogen-bond donors (Lipinski definition) is 3. The Hall–Kier alpha value is -1.71. The Labute approximate surface area is 178 Å². The molecular weight excluding hydrogens is 457 g/mol. The van der Waals surface area contributed by atoms with Crippen molar-refractivity contribution in [2.24, 2.45) is 4.99 Å². The van der Waals surface area contributed by atoms with Gasteiger partial charge in [0.25, 0.3) is 0 Å². The molecule has 1 amide bonds. The van der Waals surface area contributed by atoms with Crippen LogP contribution in [-0.4, -0.2) is 67.7 Å². The van der Waals surface area contributed by atoms with Crippen molar-refractivity contribution in [2.75, 3.05) is 44.7 Å². The number of phenols is 1. The van der Waals surface area contributed by atoms with Gasteiger partial charge in [-0.3, -0.25) is 9.79 Å². The quantitative estimate of drug-likeness (QED) is 0.247. The summed E-state index contributed by atoms with van der Waals surface area (Å²) in [5, 5.41) is 16.4. The molecule has 7 nitrogen and oxygen atoms in total. The average Bonchev–Trinajstić information content (AvgIpc) is 3.46. The zero-order valence-electron chi connectivity index (χ0n) is 15.9. The minimum Gasteiger partial charge on any atom is -0.506 e. The molecule has 3 N–H and O–H groups in total. The summed E-state index contributed by atoms with van der Waals surface area (Å²) in [6, 6.07) is 7.89. The number of guanidine groups is 1. The first-order valence-electron chi connectivity index (χ1n) is 9.45. The second-order valence-corrected chi connectivity index (χ2v) is 6.88. The summed E-state index contributed by atoms with van der Waals surface area (Å²) >= 11 is 0. The van der Waals surface area contributed by atoms with Crippen LogP contribution in [0.5, 0.6) is 5.75 Å². The second-order valence-electron chi connectivity index (χ2n) is 6.88. The lowest BCUT2D eigenvalue weighted by atomic mass is 10.2. The summed E-state index contributed by atoms with van der Waals surface area (Å²) in [5.41, 5.74) is 0.886. The van der Waals surface area contributed by atoms with Crippen LogP contribution >= 0.6 is 24.0 Å². The first-order chi connectivity index (χ1) is 12.7. The Morgan fingerprint density at radius 1 is 1.22 bits per heavy atom. The summed E-state index contributed by atoms with van der Waals surface area (Å²) in [5.74, 6) is 1.36. The van der Waals surface area contributed by atoms with E-state index in [-0.39, 0.29) is 29.9 Å². The molecule has 0 unspecified atom stereocenters. The van der Waals surface area contributed by atoms with Crippen LogP contribution in [0.2, 0.25) is 0 Å². The standard InChI is InChI=1S/C19H29N5O2.HI/c1-20-19(21-10-4-7-18(26)22-15-8-9-15)24-13-11-23(12-14-24)16-5-2-3-6-17(16)25;/h2-3,5-6,15,25H,4,7-14H2,1H3,(H,20,21)(H,22,26);1H. The number of halogens is 1. The number of benzene rings is 1. The van der Waals surface area contributed by atoms with E-state index in [2.05, 4.69) is 25.4 Å². The molecule has 1 saturated carbocycles. The Kier molecular flexibility index (Phi) is 8.46. The fourth-order valence-corrected chi connectivity index (χ4v) is 3.20. The van der Waals surface area contributed by atoms with Gasteiger partial charge in [0.15, 0.2) is 5.96 Å². The van der Waals surface area contributed by atoms with Crippen molar-refractivity contribution >= 4 is 41.5 Å². The lowest BCUT2D eigenvalue weighted by molar-refractivity contribution is -0.121. The minimum atomic E-state index is 0. The number of carbonyl (C=O) groups excluding carboxylic acids is 1. The fraction of sp³-hybridized carbons (Fsp3) is 0.579. The maximum Gasteiger partial charge on any atom is 0.220 e. The molecule has 27 heavy (non-hydrogen) atoms. The molecule has 2 fully saturated rings. The van der Waals surface area contributed by atoms with Crippen LogP contribution in [0.1, 0.15) is 25.7 Å². The molecule has 2 aliphatic rings. The van der Waals surface area contributed by atoms with Gasteiger partial charge in [0.1, 0.15) is 5.75 Å². The molecule has 1 aromatic rings. The second kappa shape index (κ2) is 10.6. The van der Waals surface area contributed by atoms with Crippen molar-refractivity contribution < 1.29 is 9.90 Å². The lowest BCUT2D eigenvalue weighted by Crippen LogP contribution is -2.52. The number of aliphatic imine (C=N–C) groups is 1. The highest BCUT2D eigenvalue weighted by molar-refractivity contribution is 14.0. The van der Waals surface area contributed by atoms with Crippen LogP contribution in [0.4, 0.5) is 5.69 Å². The average molecular weight is 487 g/mol. The minimum absolute atomic E-state index is 0. The highest BCUT2D eigenvalue weighted by Crippen LogP contribution is 2.27. The predicted molar refractivity (Wildman–Crippen MR) is 119 cm³/mol. The van der Waals surface area contributed by atoms with E-state index >= 15 is 0 Å². The maximum atomic E-state index is 11.7. The van der Waals surface area contributed by atoms with Crippen molar-refractivity contribution in [3.8, 4) is 5.75 Å². The zero-order chi connectivity index (χ0) is 18.4. The van der Waals surface area contributed by atoms with Gasteiger partial charge in [0.05, 0.1) is 5.69 Å². The number of nitrogens with one attached hydrogen (secondary N) is 2. The molecule has 0 bridgehead atoms. The Morgan fingerprint density at radius 3 is 2.56 bits per heavy atom. The first kappa shape index (κ1) is 21.6. The highest BCUT2D eigenvalue weighted by atomic mass is 127. The molecule has 3 rings (SSSR count). The van der Waals surface area contributed by atoms with Crippen molar-refractivity contribution in [1.29, 1.82) is 0 Å². The zero-order valence-corrected chi connectivity index (χ0v) is 18.2. The molecule has 0 atom stereocenters. The predicted octanol–water partition coefficient (Wildman–Crippen LogP) is 1.77. The number of nitrogens with zero attached hydrogens (tertiary/aromatic N) is 3. The van der Waals surface area contributed by atoms with Crippen molar-refractivity contribution in [3.05, 3.63) is 24.3 Å². The van der Waals surface area contributed by atoms with Gasteiger partial charge in [-0.2, -0.15) is 0 Å². The molecule has 0 spiro atoms. The Bertz CT molecular complexity index is 643. The van der Waals surface area contributed by atoms with Gasteiger partial charge in [0, 0.05) is 52.2 Å². The van der Waals surface area contributed by atoms with Crippen molar-refractivity contribution in [3.63, 3.8) is 0 Å². The van der Waals surface area contributed by atoms with E-state index in [1.54, 1.807) is 13.1 Å². The van der Waals surface area contributed by atoms with E-state index in [9.17, 15) is 9.90 Å². The van der Waals surface area contributed by atoms with Crippen LogP contribution in [-0.2, 0) is 4.79 Å². The van der Waals surface area contributed by atoms with E-state index in [0.717, 1.165) is 63.6 Å². The Balaban J connectivity index is 0.00000261. The van der Waals surface area contributed by atoms with Crippen molar-refractivity contribution in [1.82, 2.24) is 15.5 Å². The van der Waals surface area contributed by atoms with Gasteiger partial charge in [-0.1, -0.05) is 12.1 Å². The van der Waals surface area contributed by atoms with E-state index < -0.39 is 0 Å². The van der Waals surface area contributed by atoms with Crippen molar-refractivity contribution in [2.45, 2.75) is 31.7 Å². The molecule has 1 heterocycles. The molecule has 1 aromatic carbocycles. The van der Waals surface area contributed by atoms with Gasteiger partial charge >= 0.3 is 0 Å². The largest absolute Gasteiger partial charge is 0.506 e. The molecule has 1 aliphatic heterocycles. The monoisotopic (exact) mass is 487 g/mol. The van der Waals surface area contributed by atoms with Crippen LogP contribution < -0.4 is 15.5 Å². The van der Waals surface area contributed by atoms with Crippen LogP contribution in [0.15, 0.2) is 29.3 Å². The van der Waals surface area contributed by atoms with E-state index in [4.69, 9.17) is 0 Å². The number of amides is 1. The molecule has 8 heteroatoms. The summed E-state index contributed by atoms with van der Waals surface area (Å²) in [6.07, 6.45) is 3.61. The molecule has 0 aromatic heterocycles. The van der Waals surface area contributed by atoms with Gasteiger partial charge in [-0.15, -0.1) is 24.0 Å². The topological polar surface area (TPSA) is 80.2 Å². The molecular formula is C19H30IN5O2. The third-order valence-electron chi connectivity index (χ3n) is 4.82. The molecule has 150 valence electrons. The van der Waals surface area contributed by atoms with Gasteiger partial charge in [-0.25, -0.2) is 0 Å². The van der Waals surface area contributed by atoms with Crippen LogP contribution in [0.25, 0.3) is 0 Å². The van der Waals surface area contributed by atoms with Crippen LogP contribution in [0, 0.1) is 0 Å². The maximum absolute atomic E-state index is 11.7. The summed E-state index contributed by atoms with van der Waals surface area (Å²) in [6.45, 7) is 4.10. The smallest absolute Gasteiger partial charge is 0.220 e. The molecule has 1 aliphatic carbocycles. The Morgan fingerprint density at radius 2 is 1.93 bits per heavy atom. The first-order valence-corrected chi connectivity index (χ1v) is 9.45. The molecule has 0 radical (unpaired) electrons. The van der Waals surface area contributed by atoms with Gasteiger partial charge in [-0.05, 0) is 31.4 Å². The van der Waals surface area contributed by atoms with Gasteiger partial charge in [0.2, 0.25) is 5.91 Å². The molecule has 1 saturated heterocycles. The number of carbonyl (C=O) groups is 1.